The van der Waals surface area contributed by atoms with Crippen LogP contribution in [0.25, 0.3) is 0 Å². The Morgan fingerprint density at radius 3 is 2.35 bits per heavy atom. The highest BCUT2D eigenvalue weighted by Crippen LogP contribution is 2.37. The molecule has 2 N–H and O–H groups in total. The van der Waals surface area contributed by atoms with Crippen LogP contribution in [-0.4, -0.2) is 24.3 Å². The Hall–Kier alpha value is -4.08. The van der Waals surface area contributed by atoms with Crippen molar-refractivity contribution in [3.05, 3.63) is 77.7 Å². The molecular weight excluding hydrogens is 451 g/mol. The first kappa shape index (κ1) is 23.1. The topological polar surface area (TPSA) is 91.7 Å². The maximum atomic E-state index is 13.7. The molecule has 0 unspecified atom stereocenters. The average Bonchev–Trinajstić information content (AvgIpc) is 3.35. The molecule has 176 valence electrons. The molecule has 34 heavy (non-hydrogen) atoms. The van der Waals surface area contributed by atoms with Crippen molar-refractivity contribution in [2.24, 2.45) is 0 Å². The second-order valence-electron chi connectivity index (χ2n) is 7.69. The van der Waals surface area contributed by atoms with E-state index in [4.69, 9.17) is 4.42 Å². The van der Waals surface area contributed by atoms with Gasteiger partial charge in [-0.25, -0.2) is 0 Å². The molecule has 3 amide bonds. The maximum Gasteiger partial charge on any atom is 0.418 e. The number of furan rings is 1. The molecule has 0 aliphatic carbocycles. The van der Waals surface area contributed by atoms with Crippen LogP contribution in [0.5, 0.6) is 0 Å². The molecule has 10 heteroatoms. The SMILES string of the molecule is O=C(Nc1ccc(NC(=O)c2ccco2)cc1C(F)(F)F)c1ccc(N2CCCCC2=O)cc1. The first-order valence-electron chi connectivity index (χ1n) is 10.5. The molecule has 1 aliphatic rings. The molecule has 2 aromatic carbocycles. The van der Waals surface area contributed by atoms with Crippen LogP contribution in [0.2, 0.25) is 0 Å². The van der Waals surface area contributed by atoms with Gasteiger partial charge in [-0.2, -0.15) is 13.2 Å². The quantitative estimate of drug-likeness (QED) is 0.527. The molecule has 3 aromatic rings. The van der Waals surface area contributed by atoms with Gasteiger partial charge in [-0.1, -0.05) is 0 Å². The van der Waals surface area contributed by atoms with E-state index in [0.717, 1.165) is 25.0 Å². The summed E-state index contributed by atoms with van der Waals surface area (Å²) >= 11 is 0. The van der Waals surface area contributed by atoms with E-state index in [1.165, 1.54) is 36.6 Å². The highest BCUT2D eigenvalue weighted by Gasteiger charge is 2.34. The normalized spacial score (nSPS) is 14.1. The fourth-order valence-corrected chi connectivity index (χ4v) is 3.63. The van der Waals surface area contributed by atoms with Gasteiger partial charge in [0.1, 0.15) is 0 Å². The zero-order valence-corrected chi connectivity index (χ0v) is 17.8. The van der Waals surface area contributed by atoms with Gasteiger partial charge in [-0.3, -0.25) is 14.4 Å². The van der Waals surface area contributed by atoms with Crippen molar-refractivity contribution in [3.8, 4) is 0 Å². The van der Waals surface area contributed by atoms with Crippen LogP contribution in [0, 0.1) is 0 Å². The van der Waals surface area contributed by atoms with E-state index in [1.807, 2.05) is 0 Å². The zero-order valence-electron chi connectivity index (χ0n) is 17.8. The van der Waals surface area contributed by atoms with Gasteiger partial charge in [0.25, 0.3) is 11.8 Å². The van der Waals surface area contributed by atoms with Gasteiger partial charge >= 0.3 is 6.18 Å². The summed E-state index contributed by atoms with van der Waals surface area (Å²) in [6.07, 6.45) is -1.34. The number of hydrogen-bond donors (Lipinski definition) is 2. The lowest BCUT2D eigenvalue weighted by Gasteiger charge is -2.26. The largest absolute Gasteiger partial charge is 0.459 e. The van der Waals surface area contributed by atoms with Crippen LogP contribution >= 0.6 is 0 Å². The van der Waals surface area contributed by atoms with Gasteiger partial charge in [0.15, 0.2) is 5.76 Å². The Morgan fingerprint density at radius 1 is 0.941 bits per heavy atom. The highest BCUT2D eigenvalue weighted by atomic mass is 19.4. The summed E-state index contributed by atoms with van der Waals surface area (Å²) in [6, 6.07) is 12.0. The number of carbonyl (C=O) groups excluding carboxylic acids is 3. The summed E-state index contributed by atoms with van der Waals surface area (Å²) in [7, 11) is 0. The molecule has 1 saturated heterocycles. The summed E-state index contributed by atoms with van der Waals surface area (Å²) in [5, 5.41) is 4.61. The van der Waals surface area contributed by atoms with Crippen LogP contribution in [-0.2, 0) is 11.0 Å². The molecule has 1 aliphatic heterocycles. The third-order valence-corrected chi connectivity index (χ3v) is 5.34. The van der Waals surface area contributed by atoms with E-state index >= 15 is 0 Å². The number of hydrogen-bond acceptors (Lipinski definition) is 4. The van der Waals surface area contributed by atoms with Crippen LogP contribution in [0.1, 0.15) is 45.7 Å². The van der Waals surface area contributed by atoms with Gasteiger partial charge in [-0.15, -0.1) is 0 Å². The van der Waals surface area contributed by atoms with Crippen molar-refractivity contribution < 1.29 is 32.0 Å². The predicted molar refractivity (Wildman–Crippen MR) is 119 cm³/mol. The third-order valence-electron chi connectivity index (χ3n) is 5.34. The minimum Gasteiger partial charge on any atom is -0.459 e. The minimum absolute atomic E-state index is 0.00232. The molecule has 1 fully saturated rings. The maximum absolute atomic E-state index is 13.7. The fourth-order valence-electron chi connectivity index (χ4n) is 3.63. The number of halogens is 3. The monoisotopic (exact) mass is 471 g/mol. The van der Waals surface area contributed by atoms with Crippen LogP contribution in [0.15, 0.2) is 65.3 Å². The lowest BCUT2D eigenvalue weighted by molar-refractivity contribution is -0.136. The second-order valence-corrected chi connectivity index (χ2v) is 7.69. The van der Waals surface area contributed by atoms with Crippen LogP contribution < -0.4 is 15.5 Å². The number of amides is 3. The minimum atomic E-state index is -4.79. The van der Waals surface area contributed by atoms with Crippen molar-refractivity contribution in [3.63, 3.8) is 0 Å². The van der Waals surface area contributed by atoms with E-state index in [2.05, 4.69) is 10.6 Å². The smallest absolute Gasteiger partial charge is 0.418 e. The second kappa shape index (κ2) is 9.42. The first-order chi connectivity index (χ1) is 16.2. The number of nitrogens with zero attached hydrogens (tertiary/aromatic N) is 1. The average molecular weight is 471 g/mol. The number of benzene rings is 2. The number of rotatable bonds is 5. The van der Waals surface area contributed by atoms with E-state index < -0.39 is 29.2 Å². The Kier molecular flexibility index (Phi) is 6.40. The molecule has 0 atom stereocenters. The molecule has 2 heterocycles. The van der Waals surface area contributed by atoms with Crippen molar-refractivity contribution in [1.82, 2.24) is 0 Å². The zero-order chi connectivity index (χ0) is 24.3. The highest BCUT2D eigenvalue weighted by molar-refractivity contribution is 6.06. The number of nitrogens with one attached hydrogen (secondary N) is 2. The lowest BCUT2D eigenvalue weighted by atomic mass is 10.1. The summed E-state index contributed by atoms with van der Waals surface area (Å²) in [5.74, 6) is -1.50. The van der Waals surface area contributed by atoms with Crippen molar-refractivity contribution >= 4 is 34.8 Å². The van der Waals surface area contributed by atoms with E-state index in [1.54, 1.807) is 17.0 Å². The Balaban J connectivity index is 1.51. The molecular formula is C24H20F3N3O4. The molecule has 0 spiro atoms. The summed E-state index contributed by atoms with van der Waals surface area (Å²) in [5.41, 5.74) is -0.912. The predicted octanol–water partition coefficient (Wildman–Crippen LogP) is 5.32. The van der Waals surface area contributed by atoms with E-state index in [-0.39, 0.29) is 22.9 Å². The van der Waals surface area contributed by atoms with E-state index in [0.29, 0.717) is 18.7 Å². The third kappa shape index (κ3) is 5.11. The van der Waals surface area contributed by atoms with Crippen molar-refractivity contribution in [2.45, 2.75) is 25.4 Å². The summed E-state index contributed by atoms with van der Waals surface area (Å²) < 4.78 is 45.9. The Morgan fingerprint density at radius 2 is 1.71 bits per heavy atom. The molecule has 7 nitrogen and oxygen atoms in total. The van der Waals surface area contributed by atoms with E-state index in [9.17, 15) is 27.6 Å². The standard InChI is InChI=1S/C24H20F3N3O4/c25-24(26,27)18-14-16(28-23(33)20-4-3-13-34-20)8-11-19(18)29-22(32)15-6-9-17(10-7-15)30-12-2-1-5-21(30)31/h3-4,6-11,13-14H,1-2,5,12H2,(H,28,33)(H,29,32). The Bertz CT molecular complexity index is 1210. The van der Waals surface area contributed by atoms with Gasteiger partial charge < -0.3 is 20.0 Å². The molecule has 0 radical (unpaired) electrons. The number of carbonyl (C=O) groups is 3. The van der Waals surface area contributed by atoms with Crippen molar-refractivity contribution in [2.75, 3.05) is 22.1 Å². The number of alkyl halides is 3. The molecule has 0 saturated carbocycles. The first-order valence-corrected chi connectivity index (χ1v) is 10.5. The number of piperidine rings is 1. The van der Waals surface area contributed by atoms with Crippen molar-refractivity contribution in [1.29, 1.82) is 0 Å². The molecule has 1 aromatic heterocycles. The van der Waals surface area contributed by atoms with Gasteiger partial charge in [0.05, 0.1) is 17.5 Å². The lowest BCUT2D eigenvalue weighted by Crippen LogP contribution is -2.35. The fraction of sp³-hybridized carbons (Fsp3) is 0.208. The number of anilines is 3. The molecule has 4 rings (SSSR count). The van der Waals surface area contributed by atoms with Crippen LogP contribution in [0.4, 0.5) is 30.2 Å². The van der Waals surface area contributed by atoms with Gasteiger partial charge in [-0.05, 0) is 67.4 Å². The Labute approximate surface area is 192 Å². The van der Waals surface area contributed by atoms with Gasteiger partial charge in [0, 0.05) is 29.9 Å². The van der Waals surface area contributed by atoms with Crippen LogP contribution in [0.3, 0.4) is 0 Å². The summed E-state index contributed by atoms with van der Waals surface area (Å²) in [6.45, 7) is 0.585. The van der Waals surface area contributed by atoms with Gasteiger partial charge in [0.2, 0.25) is 5.91 Å². The summed E-state index contributed by atoms with van der Waals surface area (Å²) in [4.78, 5) is 38.4. The molecule has 0 bridgehead atoms.